The zero-order chi connectivity index (χ0) is 15.9. The van der Waals surface area contributed by atoms with Gasteiger partial charge < -0.3 is 5.32 Å². The van der Waals surface area contributed by atoms with Crippen molar-refractivity contribution in [3.05, 3.63) is 29.0 Å². The van der Waals surface area contributed by atoms with Crippen molar-refractivity contribution in [1.82, 2.24) is 5.32 Å². The topological polar surface area (TPSA) is 49.4 Å². The zero-order valence-electron chi connectivity index (χ0n) is 12.4. The maximum atomic E-state index is 14.2. The molecule has 1 atom stereocenters. The van der Waals surface area contributed by atoms with Crippen LogP contribution in [0.15, 0.2) is 18.2 Å². The maximum Gasteiger partial charge on any atom is 0.253 e. The Morgan fingerprint density at radius 2 is 1.95 bits per heavy atom. The molecule has 2 amide bonds. The summed E-state index contributed by atoms with van der Waals surface area (Å²) in [5, 5.41) is 3.00. The lowest BCUT2D eigenvalue weighted by atomic mass is 9.91. The Labute approximate surface area is 128 Å². The molecule has 114 valence electrons. The molecule has 0 aromatic heterocycles. The normalized spacial score (nSPS) is 21.7. The molecule has 1 N–H and O–H groups in total. The summed E-state index contributed by atoms with van der Waals surface area (Å²) in [6, 6.07) is 3.21. The number of anilines is 1. The Hall–Kier alpha value is -1.62. The van der Waals surface area contributed by atoms with E-state index in [0.717, 1.165) is 0 Å². The quantitative estimate of drug-likeness (QED) is 0.913. The Morgan fingerprint density at radius 3 is 2.52 bits per heavy atom. The van der Waals surface area contributed by atoms with E-state index in [1.54, 1.807) is 13.8 Å². The Morgan fingerprint density at radius 1 is 1.33 bits per heavy atom. The average Bonchev–Trinajstić information content (AvgIpc) is 2.35. The standard InChI is InChI=1S/C15H18ClFN2O2/c1-8(2)12-13(20)18-15(3,4)14(21)19(12)11-7-9(16)5-6-10(11)17/h5-8,12H,1-4H3,(H,18,20). The highest BCUT2D eigenvalue weighted by Crippen LogP contribution is 2.32. The SMILES string of the molecule is CC(C)C1C(=O)NC(C)(C)C(=O)N1c1cc(Cl)ccc1F. The molecule has 0 bridgehead atoms. The highest BCUT2D eigenvalue weighted by Gasteiger charge is 2.47. The molecule has 1 aromatic rings. The van der Waals surface area contributed by atoms with Crippen molar-refractivity contribution in [3.63, 3.8) is 0 Å². The monoisotopic (exact) mass is 312 g/mol. The summed E-state index contributed by atoms with van der Waals surface area (Å²) in [6.07, 6.45) is 0. The van der Waals surface area contributed by atoms with Gasteiger partial charge in [0, 0.05) is 5.02 Å². The van der Waals surface area contributed by atoms with E-state index in [0.29, 0.717) is 5.02 Å². The predicted octanol–water partition coefficient (Wildman–Crippen LogP) is 2.75. The van der Waals surface area contributed by atoms with Gasteiger partial charge in [0.05, 0.1) is 5.69 Å². The predicted molar refractivity (Wildman–Crippen MR) is 79.7 cm³/mol. The van der Waals surface area contributed by atoms with Crippen molar-refractivity contribution < 1.29 is 14.0 Å². The molecule has 1 aliphatic rings. The van der Waals surface area contributed by atoms with E-state index in [-0.39, 0.29) is 23.4 Å². The largest absolute Gasteiger partial charge is 0.340 e. The number of carbonyl (C=O) groups excluding carboxylic acids is 2. The van der Waals surface area contributed by atoms with Gasteiger partial charge in [-0.2, -0.15) is 0 Å². The van der Waals surface area contributed by atoms with Crippen LogP contribution in [0.25, 0.3) is 0 Å². The molecule has 1 unspecified atom stereocenters. The number of hydrogen-bond acceptors (Lipinski definition) is 2. The number of piperazine rings is 1. The first kappa shape index (κ1) is 15.8. The van der Waals surface area contributed by atoms with E-state index in [2.05, 4.69) is 5.32 Å². The van der Waals surface area contributed by atoms with Gasteiger partial charge in [-0.15, -0.1) is 0 Å². The lowest BCUT2D eigenvalue weighted by molar-refractivity contribution is -0.138. The van der Waals surface area contributed by atoms with Crippen LogP contribution < -0.4 is 10.2 Å². The van der Waals surface area contributed by atoms with Crippen molar-refractivity contribution >= 4 is 29.1 Å². The fourth-order valence-corrected chi connectivity index (χ4v) is 2.68. The van der Waals surface area contributed by atoms with Gasteiger partial charge in [0.1, 0.15) is 17.4 Å². The number of nitrogens with one attached hydrogen (secondary N) is 1. The van der Waals surface area contributed by atoms with Crippen molar-refractivity contribution in [2.24, 2.45) is 5.92 Å². The molecular formula is C15H18ClFN2O2. The minimum Gasteiger partial charge on any atom is -0.340 e. The number of rotatable bonds is 2. The minimum atomic E-state index is -1.09. The Kier molecular flexibility index (Phi) is 3.97. The summed E-state index contributed by atoms with van der Waals surface area (Å²) in [7, 11) is 0. The van der Waals surface area contributed by atoms with Gasteiger partial charge in [-0.05, 0) is 38.0 Å². The summed E-state index contributed by atoms with van der Waals surface area (Å²) in [5.74, 6) is -1.40. The van der Waals surface area contributed by atoms with Crippen molar-refractivity contribution in [2.45, 2.75) is 39.3 Å². The van der Waals surface area contributed by atoms with Gasteiger partial charge in [0.15, 0.2) is 0 Å². The van der Waals surface area contributed by atoms with E-state index < -0.39 is 17.4 Å². The second-order valence-electron chi connectivity index (χ2n) is 6.07. The lowest BCUT2D eigenvalue weighted by Crippen LogP contribution is -2.69. The fourth-order valence-electron chi connectivity index (χ4n) is 2.51. The second-order valence-corrected chi connectivity index (χ2v) is 6.51. The molecule has 1 saturated heterocycles. The first-order valence-electron chi connectivity index (χ1n) is 6.76. The maximum absolute atomic E-state index is 14.2. The summed E-state index contributed by atoms with van der Waals surface area (Å²) in [6.45, 7) is 6.81. The molecule has 2 rings (SSSR count). The van der Waals surface area contributed by atoms with Gasteiger partial charge in [-0.1, -0.05) is 25.4 Å². The van der Waals surface area contributed by atoms with E-state index in [9.17, 15) is 14.0 Å². The van der Waals surface area contributed by atoms with E-state index in [4.69, 9.17) is 11.6 Å². The van der Waals surface area contributed by atoms with Gasteiger partial charge in [0.2, 0.25) is 5.91 Å². The highest BCUT2D eigenvalue weighted by molar-refractivity contribution is 6.31. The molecule has 1 fully saturated rings. The van der Waals surface area contributed by atoms with Crippen LogP contribution in [0, 0.1) is 11.7 Å². The van der Waals surface area contributed by atoms with Crippen molar-refractivity contribution in [1.29, 1.82) is 0 Å². The number of benzene rings is 1. The van der Waals surface area contributed by atoms with Crippen LogP contribution in [-0.2, 0) is 9.59 Å². The van der Waals surface area contributed by atoms with Crippen LogP contribution >= 0.6 is 11.6 Å². The number of amides is 2. The first-order chi connectivity index (χ1) is 9.65. The molecular weight excluding hydrogens is 295 g/mol. The third-order valence-corrected chi connectivity index (χ3v) is 3.77. The third kappa shape index (κ3) is 2.75. The summed E-state index contributed by atoms with van der Waals surface area (Å²) < 4.78 is 14.2. The fraction of sp³-hybridized carbons (Fsp3) is 0.467. The van der Waals surface area contributed by atoms with Crippen LogP contribution in [0.5, 0.6) is 0 Å². The molecule has 6 heteroatoms. The summed E-state index contributed by atoms with van der Waals surface area (Å²) in [4.78, 5) is 26.2. The zero-order valence-corrected chi connectivity index (χ0v) is 13.2. The second kappa shape index (κ2) is 5.30. The van der Waals surface area contributed by atoms with Crippen molar-refractivity contribution in [3.8, 4) is 0 Å². The van der Waals surface area contributed by atoms with E-state index in [1.165, 1.54) is 23.1 Å². The van der Waals surface area contributed by atoms with Crippen molar-refractivity contribution in [2.75, 3.05) is 4.90 Å². The Bertz CT molecular complexity index is 601. The smallest absolute Gasteiger partial charge is 0.253 e. The van der Waals surface area contributed by atoms with Crippen LogP contribution in [0.4, 0.5) is 10.1 Å². The average molecular weight is 313 g/mol. The molecule has 1 aliphatic heterocycles. The van der Waals surface area contributed by atoms with E-state index >= 15 is 0 Å². The van der Waals surface area contributed by atoms with E-state index in [1.807, 2.05) is 13.8 Å². The molecule has 21 heavy (non-hydrogen) atoms. The van der Waals surface area contributed by atoms with Gasteiger partial charge in [0.25, 0.3) is 5.91 Å². The van der Waals surface area contributed by atoms with Crippen LogP contribution in [0.1, 0.15) is 27.7 Å². The van der Waals surface area contributed by atoms with Gasteiger partial charge >= 0.3 is 0 Å². The summed E-state index contributed by atoms with van der Waals surface area (Å²) >= 11 is 5.91. The van der Waals surface area contributed by atoms with Gasteiger partial charge in [-0.25, -0.2) is 4.39 Å². The lowest BCUT2D eigenvalue weighted by Gasteiger charge is -2.44. The highest BCUT2D eigenvalue weighted by atomic mass is 35.5. The van der Waals surface area contributed by atoms with Crippen LogP contribution in [0.3, 0.4) is 0 Å². The molecule has 0 saturated carbocycles. The van der Waals surface area contributed by atoms with Gasteiger partial charge in [-0.3, -0.25) is 14.5 Å². The Balaban J connectivity index is 2.61. The number of halogens is 2. The molecule has 0 aliphatic carbocycles. The number of hydrogen-bond donors (Lipinski definition) is 1. The summed E-state index contributed by atoms with van der Waals surface area (Å²) in [5.41, 5.74) is -1.05. The minimum absolute atomic E-state index is 0.0362. The molecule has 1 heterocycles. The number of nitrogens with zero attached hydrogens (tertiary/aromatic N) is 1. The molecule has 4 nitrogen and oxygen atoms in total. The molecule has 0 radical (unpaired) electrons. The van der Waals surface area contributed by atoms with Crippen LogP contribution in [-0.4, -0.2) is 23.4 Å². The molecule has 0 spiro atoms. The number of carbonyl (C=O) groups is 2. The van der Waals surface area contributed by atoms with Crippen LogP contribution in [0.2, 0.25) is 5.02 Å². The third-order valence-electron chi connectivity index (χ3n) is 3.54. The molecule has 1 aromatic carbocycles. The first-order valence-corrected chi connectivity index (χ1v) is 7.13.